The van der Waals surface area contributed by atoms with E-state index in [1.807, 2.05) is 73.2 Å². The number of anilines is 1. The number of amides is 1. The normalized spacial score (nSPS) is 37.1. The number of epoxide rings is 1. The number of piperidine rings is 1. The van der Waals surface area contributed by atoms with E-state index in [0.717, 1.165) is 27.7 Å². The highest BCUT2D eigenvalue weighted by Crippen LogP contribution is 2.68. The van der Waals surface area contributed by atoms with Crippen LogP contribution in [0, 0.1) is 11.3 Å². The molecule has 3 aromatic rings. The number of carbonyl (C=O) groups is 4. The number of nitrogens with one attached hydrogen (secondary N) is 1. The number of nitrogens with zero attached hydrogens (tertiary/aromatic N) is 3. The maximum atomic E-state index is 15.4. The lowest BCUT2D eigenvalue weighted by molar-refractivity contribution is -0.228. The Labute approximate surface area is 349 Å². The van der Waals surface area contributed by atoms with E-state index in [9.17, 15) is 19.5 Å². The molecule has 7 heterocycles. The first-order valence-electron chi connectivity index (χ1n) is 21.3. The van der Waals surface area contributed by atoms with Crippen molar-refractivity contribution in [1.82, 2.24) is 14.8 Å². The van der Waals surface area contributed by atoms with Crippen LogP contribution in [0.15, 0.2) is 48.6 Å². The van der Waals surface area contributed by atoms with Crippen molar-refractivity contribution in [3.05, 3.63) is 70.9 Å². The number of methoxy groups -OCH3 is 3. The van der Waals surface area contributed by atoms with Crippen LogP contribution in [0.5, 0.6) is 5.75 Å². The number of aromatic amines is 1. The summed E-state index contributed by atoms with van der Waals surface area (Å²) in [6, 6.07) is 10.7. The van der Waals surface area contributed by atoms with Gasteiger partial charge in [0.25, 0.3) is 5.91 Å². The first-order chi connectivity index (χ1) is 28.8. The van der Waals surface area contributed by atoms with Gasteiger partial charge in [-0.05, 0) is 61.9 Å². The number of likely N-dealkylation sites (N-methyl/N-ethyl adjacent to an activating group) is 1. The summed E-state index contributed by atoms with van der Waals surface area (Å²) in [7, 11) is 6.09. The number of hydrogen-bond donors (Lipinski definition) is 2. The summed E-state index contributed by atoms with van der Waals surface area (Å²) in [6.07, 6.45) is 4.66. The number of hydrogen-bond acceptors (Lipinski definition) is 12. The Hall–Kier alpha value is -4.92. The van der Waals surface area contributed by atoms with Gasteiger partial charge in [-0.15, -0.1) is 0 Å². The number of H-pyrrole nitrogens is 1. The summed E-state index contributed by atoms with van der Waals surface area (Å²) in [5.41, 5.74) is -2.09. The molecule has 1 amide bonds. The molecule has 10 atom stereocenters. The minimum Gasteiger partial charge on any atom is -0.496 e. The molecule has 1 aliphatic carbocycles. The van der Waals surface area contributed by atoms with Crippen molar-refractivity contribution in [2.75, 3.05) is 59.5 Å². The topological polar surface area (TPSA) is 163 Å². The van der Waals surface area contributed by atoms with Crippen molar-refractivity contribution in [2.24, 2.45) is 11.3 Å². The van der Waals surface area contributed by atoms with Crippen molar-refractivity contribution < 1.29 is 48.0 Å². The molecular weight excluding hydrogens is 769 g/mol. The summed E-state index contributed by atoms with van der Waals surface area (Å²) >= 11 is 0. The zero-order valence-electron chi connectivity index (χ0n) is 35.3. The maximum absolute atomic E-state index is 15.4. The number of ether oxygens (including phenoxy) is 5. The lowest BCUT2D eigenvalue weighted by Crippen LogP contribution is -2.81. The van der Waals surface area contributed by atoms with Crippen molar-refractivity contribution in [3.8, 4) is 5.75 Å². The molecule has 3 saturated heterocycles. The zero-order valence-corrected chi connectivity index (χ0v) is 35.3. The Balaban J connectivity index is 1.28. The van der Waals surface area contributed by atoms with E-state index in [1.54, 1.807) is 7.11 Å². The molecule has 2 aromatic carbocycles. The third kappa shape index (κ3) is 4.54. The fourth-order valence-corrected chi connectivity index (χ4v) is 13.7. The zero-order chi connectivity index (χ0) is 42.3. The van der Waals surface area contributed by atoms with Gasteiger partial charge in [0, 0.05) is 90.3 Å². The molecule has 0 radical (unpaired) electrons. The van der Waals surface area contributed by atoms with Crippen molar-refractivity contribution in [3.63, 3.8) is 0 Å². The fraction of sp³-hybridized carbons (Fsp3) is 0.565. The highest BCUT2D eigenvalue weighted by molar-refractivity contribution is 5.96. The summed E-state index contributed by atoms with van der Waals surface area (Å²) in [4.78, 5) is 66.8. The van der Waals surface area contributed by atoms with Gasteiger partial charge >= 0.3 is 17.9 Å². The molecular formula is C46H54N4O10. The quantitative estimate of drug-likeness (QED) is 0.155. The van der Waals surface area contributed by atoms with Gasteiger partial charge in [0.2, 0.25) is 5.60 Å². The van der Waals surface area contributed by atoms with Crippen LogP contribution in [-0.2, 0) is 55.4 Å². The Kier molecular flexibility index (Phi) is 8.53. The van der Waals surface area contributed by atoms with Gasteiger partial charge < -0.3 is 43.6 Å². The van der Waals surface area contributed by atoms with Crippen LogP contribution in [-0.4, -0.2) is 134 Å². The van der Waals surface area contributed by atoms with Gasteiger partial charge in [0.05, 0.1) is 27.4 Å². The van der Waals surface area contributed by atoms with Crippen LogP contribution in [0.1, 0.15) is 68.8 Å². The lowest BCUT2D eigenvalue weighted by atomic mass is 9.47. The van der Waals surface area contributed by atoms with E-state index in [2.05, 4.69) is 16.0 Å². The molecule has 4 fully saturated rings. The maximum Gasteiger partial charge on any atom is 0.344 e. The number of rotatable bonds is 7. The largest absolute Gasteiger partial charge is 0.496 e. The second-order valence-electron chi connectivity index (χ2n) is 18.1. The predicted molar refractivity (Wildman–Crippen MR) is 219 cm³/mol. The van der Waals surface area contributed by atoms with E-state index in [1.165, 1.54) is 21.1 Å². The number of aromatic nitrogens is 1. The third-order valence-corrected chi connectivity index (χ3v) is 16.0. The molecule has 1 spiro atoms. The van der Waals surface area contributed by atoms with Crippen LogP contribution in [0.3, 0.4) is 0 Å². The molecule has 2 N–H and O–H groups in total. The Morgan fingerprint density at radius 3 is 2.47 bits per heavy atom. The average molecular weight is 823 g/mol. The van der Waals surface area contributed by atoms with Crippen molar-refractivity contribution >= 4 is 40.4 Å². The Morgan fingerprint density at radius 2 is 1.77 bits per heavy atom. The van der Waals surface area contributed by atoms with Gasteiger partial charge in [-0.3, -0.25) is 19.3 Å². The summed E-state index contributed by atoms with van der Waals surface area (Å²) in [6.45, 7) is 7.43. The van der Waals surface area contributed by atoms with Gasteiger partial charge in [0.15, 0.2) is 11.7 Å². The van der Waals surface area contributed by atoms with E-state index >= 15 is 4.79 Å². The molecule has 14 heteroatoms. The van der Waals surface area contributed by atoms with Crippen molar-refractivity contribution in [1.29, 1.82) is 0 Å². The minimum absolute atomic E-state index is 0.00401. The third-order valence-electron chi connectivity index (χ3n) is 16.0. The van der Waals surface area contributed by atoms with Crippen LogP contribution < -0.4 is 9.64 Å². The van der Waals surface area contributed by atoms with E-state index in [0.29, 0.717) is 68.9 Å². The Morgan fingerprint density at radius 1 is 1.00 bits per heavy atom. The first-order valence-corrected chi connectivity index (χ1v) is 21.3. The monoisotopic (exact) mass is 822 g/mol. The SMILES string of the molecule is CC[C@]12C=CCN3CC[C@@]4(c5cc([C@@]6(C(=O)OC)C[C@H]7CN(CCc8c6[nH]c6ccccc86)C(=O)[C@]6(CC)O[C@H]76)c(OC)cc5N(C)[C@H]4[C@@](O)(C(=O)OC)[C@@H]1OC(C)=O)[C@@H]32. The van der Waals surface area contributed by atoms with E-state index in [4.69, 9.17) is 23.7 Å². The fourth-order valence-electron chi connectivity index (χ4n) is 13.7. The van der Waals surface area contributed by atoms with Crippen LogP contribution in [0.2, 0.25) is 0 Å². The average Bonchev–Trinajstić information content (AvgIpc) is 3.59. The number of para-hydroxylation sites is 1. The van der Waals surface area contributed by atoms with E-state index < -0.39 is 57.5 Å². The Bertz CT molecular complexity index is 2400. The molecule has 1 aromatic heterocycles. The number of fused-ring (bicyclic) bond motifs is 8. The second-order valence-corrected chi connectivity index (χ2v) is 18.1. The highest BCUT2D eigenvalue weighted by Gasteiger charge is 2.80. The molecule has 10 rings (SSSR count). The number of aliphatic hydroxyl groups is 1. The second kappa shape index (κ2) is 13.0. The van der Waals surface area contributed by atoms with Gasteiger partial charge in [-0.2, -0.15) is 0 Å². The molecule has 318 valence electrons. The van der Waals surface area contributed by atoms with Gasteiger partial charge in [-0.1, -0.05) is 44.2 Å². The summed E-state index contributed by atoms with van der Waals surface area (Å²) in [5, 5.41) is 14.3. The molecule has 2 bridgehead atoms. The number of carbonyl (C=O) groups excluding carboxylic acids is 4. The molecule has 1 saturated carbocycles. The molecule has 6 aliphatic heterocycles. The van der Waals surface area contributed by atoms with Crippen LogP contribution in [0.25, 0.3) is 10.9 Å². The molecule has 0 unspecified atom stereocenters. The molecule has 14 nitrogen and oxygen atoms in total. The van der Waals surface area contributed by atoms with Crippen LogP contribution >= 0.6 is 0 Å². The first kappa shape index (κ1) is 39.2. The highest BCUT2D eigenvalue weighted by atomic mass is 16.6. The van der Waals surface area contributed by atoms with Crippen molar-refractivity contribution in [2.45, 2.75) is 99.2 Å². The van der Waals surface area contributed by atoms with E-state index in [-0.39, 0.29) is 30.4 Å². The smallest absolute Gasteiger partial charge is 0.344 e. The standard InChI is InChI=1S/C46H54N4O10/c1-8-42-16-12-18-49-20-17-43(36(42)49)29-21-30(33(56-5)22-32(29)48(4)37(43)46(55,41(54)58-7)38(42)59-25(3)51)44(40(53)57-6)23-26-24-50(39(52)45(9-2)35(26)60-45)19-15-28-27-13-10-11-14-31(27)47-34(28)44/h10-14,16,21-22,26,35-38,47,55H,8-9,15,17-20,23-24H2,1-7H3/t26-,35+,36-,37+,38+,42+,43+,44-,45+,46-/m0/s1. The summed E-state index contributed by atoms with van der Waals surface area (Å²) in [5.74, 6) is -1.81. The summed E-state index contributed by atoms with van der Waals surface area (Å²) < 4.78 is 30.3. The van der Waals surface area contributed by atoms with Gasteiger partial charge in [0.1, 0.15) is 17.3 Å². The lowest BCUT2D eigenvalue weighted by Gasteiger charge is -2.63. The van der Waals surface area contributed by atoms with Gasteiger partial charge in [-0.25, -0.2) is 4.79 Å². The number of esters is 3. The predicted octanol–water partition coefficient (Wildman–Crippen LogP) is 3.53. The minimum atomic E-state index is -2.32. The number of benzene rings is 2. The molecule has 60 heavy (non-hydrogen) atoms. The molecule has 7 aliphatic rings. The van der Waals surface area contributed by atoms with Crippen LogP contribution in [0.4, 0.5) is 5.69 Å².